The SMILES string of the molecule is CC(C)(C)OC(=O)N1CCC2(C=C(B3OC(C)(C)C(C)(C)O3)c3ccccc3O2)CC1.O=C(NCCn1nnc(-c2ccc(Br)cc2)n1)C(F)(F)F. The lowest BCUT2D eigenvalue weighted by Gasteiger charge is -2.43. The smallest absolute Gasteiger partial charge is 0.482 e. The van der Waals surface area contributed by atoms with E-state index in [0.717, 1.165) is 31.6 Å². The molecule has 2 saturated heterocycles. The molecular formula is C35H43BBrF3N6O6. The molecule has 2 aromatic carbocycles. The Morgan fingerprint density at radius 2 is 1.60 bits per heavy atom. The van der Waals surface area contributed by atoms with E-state index in [4.69, 9.17) is 18.8 Å². The van der Waals surface area contributed by atoms with Crippen molar-refractivity contribution in [1.29, 1.82) is 0 Å². The van der Waals surface area contributed by atoms with E-state index in [1.54, 1.807) is 34.5 Å². The van der Waals surface area contributed by atoms with Gasteiger partial charge in [-0.2, -0.15) is 18.0 Å². The summed E-state index contributed by atoms with van der Waals surface area (Å²) in [6.07, 6.45) is -1.62. The van der Waals surface area contributed by atoms with Gasteiger partial charge in [-0.15, -0.1) is 10.2 Å². The molecule has 0 unspecified atom stereocenters. The molecule has 2 amide bonds. The molecule has 3 aliphatic heterocycles. The van der Waals surface area contributed by atoms with Crippen LogP contribution in [0.4, 0.5) is 18.0 Å². The zero-order valence-electron chi connectivity index (χ0n) is 30.2. The second-order valence-electron chi connectivity index (χ2n) is 14.8. The second kappa shape index (κ2) is 14.8. The summed E-state index contributed by atoms with van der Waals surface area (Å²) < 4.78 is 61.6. The number of rotatable bonds is 5. The van der Waals surface area contributed by atoms with Crippen LogP contribution in [0.15, 0.2) is 59.1 Å². The molecule has 0 bridgehead atoms. The van der Waals surface area contributed by atoms with Gasteiger partial charge in [0.05, 0.1) is 17.7 Å². The van der Waals surface area contributed by atoms with Gasteiger partial charge in [0.1, 0.15) is 17.0 Å². The minimum absolute atomic E-state index is 0.00858. The lowest BCUT2D eigenvalue weighted by atomic mass is 9.69. The van der Waals surface area contributed by atoms with Crippen molar-refractivity contribution in [2.24, 2.45) is 0 Å². The van der Waals surface area contributed by atoms with Crippen LogP contribution >= 0.6 is 15.9 Å². The number of carbonyl (C=O) groups excluding carboxylic acids is 2. The average molecular weight is 791 g/mol. The van der Waals surface area contributed by atoms with Crippen LogP contribution in [0.1, 0.15) is 66.9 Å². The second-order valence-corrected chi connectivity index (χ2v) is 15.7. The highest BCUT2D eigenvalue weighted by atomic mass is 79.9. The van der Waals surface area contributed by atoms with E-state index in [0.29, 0.717) is 31.8 Å². The summed E-state index contributed by atoms with van der Waals surface area (Å²) in [5, 5.41) is 13.2. The third-order valence-electron chi connectivity index (χ3n) is 9.11. The van der Waals surface area contributed by atoms with Crippen molar-refractivity contribution < 1.29 is 41.5 Å². The molecule has 1 aromatic heterocycles. The van der Waals surface area contributed by atoms with Gasteiger partial charge in [0.25, 0.3) is 0 Å². The highest BCUT2D eigenvalue weighted by Gasteiger charge is 2.54. The fourth-order valence-corrected chi connectivity index (χ4v) is 5.90. The van der Waals surface area contributed by atoms with Crippen LogP contribution in [0.2, 0.25) is 0 Å². The molecule has 0 atom stereocenters. The number of halogens is 4. The van der Waals surface area contributed by atoms with Crippen LogP contribution in [0.3, 0.4) is 0 Å². The Morgan fingerprint density at radius 1 is 0.981 bits per heavy atom. The normalized spacial score (nSPS) is 18.8. The van der Waals surface area contributed by atoms with Crippen LogP contribution in [0.5, 0.6) is 5.75 Å². The fraction of sp³-hybridized carbons (Fsp3) is 0.514. The zero-order valence-corrected chi connectivity index (χ0v) is 31.8. The number of benzene rings is 2. The number of carbonyl (C=O) groups is 2. The fourth-order valence-electron chi connectivity index (χ4n) is 5.63. The van der Waals surface area contributed by atoms with Gasteiger partial charge in [0.15, 0.2) is 0 Å². The number of aromatic nitrogens is 4. The van der Waals surface area contributed by atoms with Crippen molar-refractivity contribution in [3.8, 4) is 17.1 Å². The maximum atomic E-state index is 12.5. The van der Waals surface area contributed by atoms with E-state index >= 15 is 0 Å². The van der Waals surface area contributed by atoms with Gasteiger partial charge < -0.3 is 29.0 Å². The van der Waals surface area contributed by atoms with E-state index in [1.807, 2.05) is 39.0 Å². The molecule has 1 spiro atoms. The average Bonchev–Trinajstić information content (AvgIpc) is 3.60. The van der Waals surface area contributed by atoms with Gasteiger partial charge in [-0.3, -0.25) is 4.79 Å². The number of hydrogen-bond donors (Lipinski definition) is 1. The quantitative estimate of drug-likeness (QED) is 0.283. The lowest BCUT2D eigenvalue weighted by Crippen LogP contribution is -2.51. The molecular weight excluding hydrogens is 748 g/mol. The molecule has 52 heavy (non-hydrogen) atoms. The van der Waals surface area contributed by atoms with E-state index in [1.165, 1.54) is 0 Å². The number of likely N-dealkylation sites (tertiary alicyclic amines) is 1. The Bertz CT molecular complexity index is 1770. The predicted octanol–water partition coefficient (Wildman–Crippen LogP) is 6.64. The van der Waals surface area contributed by atoms with E-state index in [2.05, 4.69) is 71.2 Å². The third kappa shape index (κ3) is 9.33. The van der Waals surface area contributed by atoms with Crippen LogP contribution in [-0.4, -0.2) is 92.4 Å². The Balaban J connectivity index is 0.000000217. The number of fused-ring (bicyclic) bond motifs is 1. The van der Waals surface area contributed by atoms with Gasteiger partial charge >= 0.3 is 25.3 Å². The zero-order chi connectivity index (χ0) is 38.1. The van der Waals surface area contributed by atoms with Gasteiger partial charge in [-0.25, -0.2) is 4.79 Å². The minimum atomic E-state index is -4.89. The topological polar surface area (TPSA) is 130 Å². The van der Waals surface area contributed by atoms with Crippen LogP contribution < -0.4 is 10.1 Å². The number of amides is 2. The van der Waals surface area contributed by atoms with E-state index in [9.17, 15) is 22.8 Å². The number of ether oxygens (including phenoxy) is 2. The Hall–Kier alpha value is -3.96. The molecule has 4 heterocycles. The first-order chi connectivity index (χ1) is 24.2. The number of hydrogen-bond acceptors (Lipinski definition) is 9. The molecule has 0 radical (unpaired) electrons. The molecule has 3 aromatic rings. The Kier molecular flexibility index (Phi) is 11.2. The van der Waals surface area contributed by atoms with Gasteiger partial charge in [-0.05, 0) is 95.6 Å². The summed E-state index contributed by atoms with van der Waals surface area (Å²) in [7, 11) is -0.462. The first kappa shape index (κ1) is 39.3. The summed E-state index contributed by atoms with van der Waals surface area (Å²) in [5.74, 6) is -0.805. The number of para-hydroxylation sites is 1. The van der Waals surface area contributed by atoms with E-state index in [-0.39, 0.29) is 19.2 Å². The highest BCUT2D eigenvalue weighted by molar-refractivity contribution is 9.10. The largest absolute Gasteiger partial charge is 0.495 e. The molecule has 0 aliphatic carbocycles. The number of tetrazole rings is 1. The summed E-state index contributed by atoms with van der Waals surface area (Å²) in [6, 6.07) is 15.2. The standard InChI is InChI=1S/C24H34BNO5.C11H9BrF3N5O/c1-21(2,3)29-20(27)26-14-12-24(13-15-26)16-18(17-10-8-9-11-19(17)28-24)25-30-22(4,5)23(6,7)31-25;12-8-3-1-7(2-4-8)9-17-19-20(18-9)6-5-16-10(21)11(13,14)15/h8-11,16H,12-15H2,1-7H3;1-4H,5-6H2,(H,16,21). The van der Waals surface area contributed by atoms with Crippen molar-refractivity contribution in [3.05, 3.63) is 64.6 Å². The van der Waals surface area contributed by atoms with Gasteiger partial charge in [0, 0.05) is 48.1 Å². The highest BCUT2D eigenvalue weighted by Crippen LogP contribution is 2.46. The molecule has 2 fully saturated rings. The van der Waals surface area contributed by atoms with Crippen molar-refractivity contribution in [2.45, 2.75) is 96.4 Å². The van der Waals surface area contributed by atoms with Crippen molar-refractivity contribution in [1.82, 2.24) is 30.4 Å². The van der Waals surface area contributed by atoms with Crippen LogP contribution in [-0.2, 0) is 25.4 Å². The maximum Gasteiger partial charge on any atom is 0.495 e. The van der Waals surface area contributed by atoms with Crippen molar-refractivity contribution >= 4 is 40.5 Å². The van der Waals surface area contributed by atoms with Crippen molar-refractivity contribution in [2.75, 3.05) is 19.6 Å². The minimum Gasteiger partial charge on any atom is -0.482 e. The van der Waals surface area contributed by atoms with Crippen LogP contribution in [0.25, 0.3) is 16.9 Å². The molecule has 17 heteroatoms. The molecule has 12 nitrogen and oxygen atoms in total. The van der Waals surface area contributed by atoms with Crippen LogP contribution in [0, 0.1) is 0 Å². The summed E-state index contributed by atoms with van der Waals surface area (Å²) in [6.45, 7) is 14.8. The number of alkyl halides is 3. The summed E-state index contributed by atoms with van der Waals surface area (Å²) >= 11 is 3.29. The monoisotopic (exact) mass is 790 g/mol. The first-order valence-corrected chi connectivity index (χ1v) is 17.7. The van der Waals surface area contributed by atoms with Gasteiger partial charge in [0.2, 0.25) is 5.82 Å². The molecule has 6 rings (SSSR count). The summed E-state index contributed by atoms with van der Waals surface area (Å²) in [4.78, 5) is 26.0. The predicted molar refractivity (Wildman–Crippen MR) is 191 cm³/mol. The third-order valence-corrected chi connectivity index (χ3v) is 9.64. The van der Waals surface area contributed by atoms with E-state index < -0.39 is 41.6 Å². The molecule has 280 valence electrons. The Morgan fingerprint density at radius 3 is 2.19 bits per heavy atom. The first-order valence-electron chi connectivity index (χ1n) is 16.9. The number of piperidine rings is 1. The molecule has 0 saturated carbocycles. The van der Waals surface area contributed by atoms with Crippen molar-refractivity contribution in [3.63, 3.8) is 0 Å². The van der Waals surface area contributed by atoms with Gasteiger partial charge in [-0.1, -0.05) is 34.1 Å². The lowest BCUT2D eigenvalue weighted by molar-refractivity contribution is -0.173. The summed E-state index contributed by atoms with van der Waals surface area (Å²) in [5.41, 5.74) is 0.899. The Labute approximate surface area is 309 Å². The molecule has 3 aliphatic rings. The molecule has 1 N–H and O–H groups in total. The number of nitrogens with one attached hydrogen (secondary N) is 1. The number of nitrogens with zero attached hydrogens (tertiary/aromatic N) is 5. The maximum absolute atomic E-state index is 12.5.